The molecular weight excluding hydrogens is 331 g/mol. The van der Waals surface area contributed by atoms with Gasteiger partial charge < -0.3 is 14.9 Å². The number of hydrogen-bond acceptors (Lipinski definition) is 4. The fourth-order valence-corrected chi connectivity index (χ4v) is 3.23. The molecule has 1 atom stereocenters. The van der Waals surface area contributed by atoms with Crippen LogP contribution in [0.5, 0.6) is 5.75 Å². The molecule has 0 spiro atoms. The van der Waals surface area contributed by atoms with Crippen LogP contribution in [0, 0.1) is 11.3 Å². The molecule has 0 bridgehead atoms. The molecule has 0 aromatic heterocycles. The molecule has 0 amide bonds. The van der Waals surface area contributed by atoms with Crippen molar-refractivity contribution in [2.45, 2.75) is 20.3 Å². The van der Waals surface area contributed by atoms with Crippen molar-refractivity contribution in [3.8, 4) is 5.75 Å². The molecule has 0 saturated heterocycles. The number of fused-ring (bicyclic) bond motifs is 1. The summed E-state index contributed by atoms with van der Waals surface area (Å²) < 4.78 is 5.11. The van der Waals surface area contributed by atoms with Gasteiger partial charge in [0.15, 0.2) is 12.4 Å². The molecule has 0 radical (unpaired) electrons. The Hall–Kier alpha value is -1.30. The Morgan fingerprint density at radius 3 is 2.55 bits per heavy atom. The summed E-state index contributed by atoms with van der Waals surface area (Å²) in [4.78, 5) is 23.3. The molecule has 7 heteroatoms. The normalized spacial score (nSPS) is 20.4. The van der Waals surface area contributed by atoms with Crippen LogP contribution < -0.4 is 4.74 Å². The predicted molar refractivity (Wildman–Crippen MR) is 82.0 cm³/mol. The zero-order valence-corrected chi connectivity index (χ0v) is 13.7. The highest BCUT2D eigenvalue weighted by atomic mass is 35.5. The van der Waals surface area contributed by atoms with Crippen molar-refractivity contribution in [2.75, 3.05) is 13.2 Å². The van der Waals surface area contributed by atoms with E-state index in [9.17, 15) is 14.7 Å². The lowest BCUT2D eigenvalue weighted by Crippen LogP contribution is -2.37. The molecule has 2 rings (SSSR count). The number of aliphatic hydroxyl groups is 1. The molecule has 1 aliphatic carbocycles. The SMILES string of the molecule is CC(C)C1(CO)Cc2cc(OCC(=O)O)c(Cl)c(Cl)c2C1=O. The summed E-state index contributed by atoms with van der Waals surface area (Å²) in [5.41, 5.74) is -0.0274. The lowest BCUT2D eigenvalue weighted by atomic mass is 9.74. The van der Waals surface area contributed by atoms with Crippen LogP contribution in [0.3, 0.4) is 0 Å². The number of carboxylic acids is 1. The first kappa shape index (κ1) is 17.1. The topological polar surface area (TPSA) is 83.8 Å². The quantitative estimate of drug-likeness (QED) is 0.856. The smallest absolute Gasteiger partial charge is 0.341 e. The van der Waals surface area contributed by atoms with Gasteiger partial charge in [-0.1, -0.05) is 37.0 Å². The minimum absolute atomic E-state index is 0.00696. The van der Waals surface area contributed by atoms with Crippen molar-refractivity contribution in [3.63, 3.8) is 0 Å². The Kier molecular flexibility index (Phi) is 4.70. The standard InChI is InChI=1S/C15H16Cl2O5/c1-7(2)15(6-18)4-8-3-9(22-5-10(19)20)12(16)13(17)11(8)14(15)21/h3,7,18H,4-6H2,1-2H3,(H,19,20). The van der Waals surface area contributed by atoms with Crippen LogP contribution in [0.1, 0.15) is 29.8 Å². The highest BCUT2D eigenvalue weighted by molar-refractivity contribution is 6.45. The first-order chi connectivity index (χ1) is 10.2. The van der Waals surface area contributed by atoms with Gasteiger partial charge in [-0.05, 0) is 24.0 Å². The summed E-state index contributed by atoms with van der Waals surface area (Å²) in [5, 5.41) is 18.5. The second-order valence-electron chi connectivity index (χ2n) is 5.69. The molecule has 0 heterocycles. The van der Waals surface area contributed by atoms with E-state index in [-0.39, 0.29) is 39.7 Å². The lowest BCUT2D eigenvalue weighted by Gasteiger charge is -2.29. The number of hydrogen-bond donors (Lipinski definition) is 2. The van der Waals surface area contributed by atoms with Gasteiger partial charge in [-0.15, -0.1) is 0 Å². The maximum Gasteiger partial charge on any atom is 0.341 e. The molecule has 22 heavy (non-hydrogen) atoms. The van der Waals surface area contributed by atoms with E-state index in [0.29, 0.717) is 12.0 Å². The van der Waals surface area contributed by atoms with E-state index in [1.54, 1.807) is 0 Å². The zero-order chi connectivity index (χ0) is 16.7. The maximum absolute atomic E-state index is 12.7. The number of carboxylic acid groups (broad SMARTS) is 1. The number of carbonyl (C=O) groups is 2. The highest BCUT2D eigenvalue weighted by Crippen LogP contribution is 2.48. The molecule has 1 aromatic rings. The molecule has 1 unspecified atom stereocenters. The Balaban J connectivity index is 2.50. The Bertz CT molecular complexity index is 641. The highest BCUT2D eigenvalue weighted by Gasteiger charge is 2.49. The number of benzene rings is 1. The molecule has 120 valence electrons. The number of ketones is 1. The first-order valence-electron chi connectivity index (χ1n) is 6.75. The number of aliphatic carboxylic acids is 1. The van der Waals surface area contributed by atoms with Crippen LogP contribution >= 0.6 is 23.2 Å². The number of aliphatic hydroxyl groups excluding tert-OH is 1. The Morgan fingerprint density at radius 1 is 1.41 bits per heavy atom. The van der Waals surface area contributed by atoms with Gasteiger partial charge in [0.1, 0.15) is 10.8 Å². The third-order valence-electron chi connectivity index (χ3n) is 4.18. The van der Waals surface area contributed by atoms with E-state index < -0.39 is 18.0 Å². The van der Waals surface area contributed by atoms with E-state index in [1.165, 1.54) is 6.07 Å². The van der Waals surface area contributed by atoms with Crippen molar-refractivity contribution in [3.05, 3.63) is 27.2 Å². The molecule has 0 saturated carbocycles. The van der Waals surface area contributed by atoms with Crippen molar-refractivity contribution in [2.24, 2.45) is 11.3 Å². The van der Waals surface area contributed by atoms with Crippen LogP contribution in [0.15, 0.2) is 6.07 Å². The zero-order valence-electron chi connectivity index (χ0n) is 12.2. The van der Waals surface area contributed by atoms with E-state index in [4.69, 9.17) is 33.0 Å². The van der Waals surface area contributed by atoms with Crippen LogP contribution in [0.25, 0.3) is 0 Å². The van der Waals surface area contributed by atoms with Gasteiger partial charge in [0.2, 0.25) is 0 Å². The summed E-state index contributed by atoms with van der Waals surface area (Å²) in [7, 11) is 0. The molecular formula is C15H16Cl2O5. The van der Waals surface area contributed by atoms with Crippen LogP contribution in [0.4, 0.5) is 0 Å². The van der Waals surface area contributed by atoms with Crippen molar-refractivity contribution >= 4 is 35.0 Å². The Morgan fingerprint density at radius 2 is 2.05 bits per heavy atom. The number of rotatable bonds is 5. The molecule has 1 aliphatic rings. The minimum Gasteiger partial charge on any atom is -0.480 e. The largest absolute Gasteiger partial charge is 0.480 e. The Labute approximate surface area is 137 Å². The second kappa shape index (κ2) is 6.07. The van der Waals surface area contributed by atoms with E-state index in [1.807, 2.05) is 13.8 Å². The summed E-state index contributed by atoms with van der Waals surface area (Å²) >= 11 is 12.3. The van der Waals surface area contributed by atoms with Gasteiger partial charge in [0.25, 0.3) is 0 Å². The summed E-state index contributed by atoms with van der Waals surface area (Å²) in [6.07, 6.45) is 0.315. The summed E-state index contributed by atoms with van der Waals surface area (Å²) in [6, 6.07) is 1.53. The summed E-state index contributed by atoms with van der Waals surface area (Å²) in [6.45, 7) is 2.87. The molecule has 0 fully saturated rings. The molecule has 1 aromatic carbocycles. The fourth-order valence-electron chi connectivity index (χ4n) is 2.73. The van der Waals surface area contributed by atoms with Gasteiger partial charge >= 0.3 is 5.97 Å². The van der Waals surface area contributed by atoms with Gasteiger partial charge in [-0.2, -0.15) is 0 Å². The second-order valence-corrected chi connectivity index (χ2v) is 6.45. The summed E-state index contributed by atoms with van der Waals surface area (Å²) in [5.74, 6) is -1.35. The average molecular weight is 347 g/mol. The number of halogens is 2. The van der Waals surface area contributed by atoms with Gasteiger partial charge in [0, 0.05) is 5.56 Å². The number of ether oxygens (including phenoxy) is 1. The van der Waals surface area contributed by atoms with Crippen molar-refractivity contribution < 1.29 is 24.5 Å². The number of carbonyl (C=O) groups excluding carboxylic acids is 1. The van der Waals surface area contributed by atoms with E-state index in [0.717, 1.165) is 0 Å². The monoisotopic (exact) mass is 346 g/mol. The minimum atomic E-state index is -1.14. The van der Waals surface area contributed by atoms with Gasteiger partial charge in [-0.3, -0.25) is 4.79 Å². The molecule has 0 aliphatic heterocycles. The first-order valence-corrected chi connectivity index (χ1v) is 7.51. The molecule has 5 nitrogen and oxygen atoms in total. The van der Waals surface area contributed by atoms with Gasteiger partial charge in [0.05, 0.1) is 17.0 Å². The van der Waals surface area contributed by atoms with Gasteiger partial charge in [-0.25, -0.2) is 4.79 Å². The maximum atomic E-state index is 12.7. The third kappa shape index (κ3) is 2.57. The lowest BCUT2D eigenvalue weighted by molar-refractivity contribution is -0.139. The van der Waals surface area contributed by atoms with E-state index in [2.05, 4.69) is 0 Å². The third-order valence-corrected chi connectivity index (χ3v) is 5.03. The van der Waals surface area contributed by atoms with Crippen molar-refractivity contribution in [1.29, 1.82) is 0 Å². The van der Waals surface area contributed by atoms with Crippen LogP contribution in [-0.2, 0) is 11.2 Å². The van der Waals surface area contributed by atoms with Crippen LogP contribution in [0.2, 0.25) is 10.0 Å². The van der Waals surface area contributed by atoms with Crippen LogP contribution in [-0.4, -0.2) is 35.2 Å². The predicted octanol–water partition coefficient (Wildman–Crippen LogP) is 2.83. The molecule has 2 N–H and O–H groups in total. The fraction of sp³-hybridized carbons (Fsp3) is 0.467. The number of Topliss-reactive ketones (excluding diaryl/α,β-unsaturated/α-hetero) is 1. The van der Waals surface area contributed by atoms with E-state index >= 15 is 0 Å². The average Bonchev–Trinajstić information content (AvgIpc) is 2.74. The van der Waals surface area contributed by atoms with Crippen molar-refractivity contribution in [1.82, 2.24) is 0 Å².